The van der Waals surface area contributed by atoms with E-state index in [-0.39, 0.29) is 22.9 Å². The fourth-order valence-corrected chi connectivity index (χ4v) is 3.51. The quantitative estimate of drug-likeness (QED) is 0.805. The Labute approximate surface area is 122 Å². The molecular formula is C13H15ClFNO3S. The van der Waals surface area contributed by atoms with Crippen LogP contribution in [0.3, 0.4) is 0 Å². The van der Waals surface area contributed by atoms with Crippen LogP contribution in [0.2, 0.25) is 0 Å². The van der Waals surface area contributed by atoms with Crippen LogP contribution in [0.25, 0.3) is 0 Å². The molecule has 0 spiro atoms. The number of benzene rings is 1. The van der Waals surface area contributed by atoms with Crippen molar-refractivity contribution in [2.75, 3.05) is 5.88 Å². The molecule has 1 heterocycles. The van der Waals surface area contributed by atoms with E-state index in [0.29, 0.717) is 5.56 Å². The number of alkyl halides is 1. The van der Waals surface area contributed by atoms with Crippen LogP contribution in [0.4, 0.5) is 4.39 Å². The molecule has 0 aromatic heterocycles. The molecule has 0 saturated heterocycles. The van der Waals surface area contributed by atoms with Crippen LogP contribution in [-0.4, -0.2) is 24.9 Å². The summed E-state index contributed by atoms with van der Waals surface area (Å²) in [4.78, 5) is 5.06. The lowest BCUT2D eigenvalue weighted by Gasteiger charge is -2.16. The van der Waals surface area contributed by atoms with Gasteiger partial charge in [0.2, 0.25) is 0 Å². The Hall–Kier alpha value is -1.14. The van der Waals surface area contributed by atoms with Crippen molar-refractivity contribution < 1.29 is 17.6 Å². The normalized spacial score (nSPS) is 22.5. The first kappa shape index (κ1) is 15.3. The van der Waals surface area contributed by atoms with Gasteiger partial charge in [-0.3, -0.25) is 0 Å². The topological polar surface area (TPSA) is 55.7 Å². The summed E-state index contributed by atoms with van der Waals surface area (Å²) in [6.07, 6.45) is 0.103. The molecule has 0 amide bonds. The van der Waals surface area contributed by atoms with Crippen molar-refractivity contribution in [2.24, 2.45) is 5.16 Å². The monoisotopic (exact) mass is 319 g/mol. The Morgan fingerprint density at radius 3 is 2.80 bits per heavy atom. The molecule has 1 unspecified atom stereocenters. The molecule has 1 aromatic carbocycles. The first-order valence-electron chi connectivity index (χ1n) is 6.05. The van der Waals surface area contributed by atoms with Gasteiger partial charge in [-0.1, -0.05) is 23.4 Å². The van der Waals surface area contributed by atoms with Crippen LogP contribution in [0, 0.1) is 12.7 Å². The van der Waals surface area contributed by atoms with Gasteiger partial charge >= 0.3 is 0 Å². The second kappa shape index (κ2) is 5.33. The van der Waals surface area contributed by atoms with E-state index >= 15 is 0 Å². The second-order valence-corrected chi connectivity index (χ2v) is 7.40. The Balaban J connectivity index is 2.23. The SMILES string of the molecule is Cc1cccc(CS(=O)(=O)C2=NOC(C)(CCl)C2)c1F. The summed E-state index contributed by atoms with van der Waals surface area (Å²) in [5.41, 5.74) is -0.269. The van der Waals surface area contributed by atoms with Crippen molar-refractivity contribution in [3.63, 3.8) is 0 Å². The Bertz CT molecular complexity index is 660. The zero-order chi connectivity index (χ0) is 15.0. The van der Waals surface area contributed by atoms with Gasteiger partial charge < -0.3 is 4.84 Å². The van der Waals surface area contributed by atoms with Crippen LogP contribution in [0.15, 0.2) is 23.4 Å². The zero-order valence-electron chi connectivity index (χ0n) is 11.2. The van der Waals surface area contributed by atoms with E-state index < -0.39 is 27.0 Å². The van der Waals surface area contributed by atoms with E-state index in [1.54, 1.807) is 26.0 Å². The van der Waals surface area contributed by atoms with Crippen molar-refractivity contribution >= 4 is 26.5 Å². The van der Waals surface area contributed by atoms with Crippen molar-refractivity contribution in [2.45, 2.75) is 31.6 Å². The predicted octanol–water partition coefficient (Wildman–Crippen LogP) is 2.78. The summed E-state index contributed by atoms with van der Waals surface area (Å²) in [5.74, 6) is -0.800. The fraction of sp³-hybridized carbons (Fsp3) is 0.462. The molecular weight excluding hydrogens is 305 g/mol. The van der Waals surface area contributed by atoms with Gasteiger partial charge in [-0.2, -0.15) is 0 Å². The average molecular weight is 320 g/mol. The van der Waals surface area contributed by atoms with E-state index in [1.165, 1.54) is 6.07 Å². The van der Waals surface area contributed by atoms with Crippen molar-refractivity contribution in [1.82, 2.24) is 0 Å². The fourth-order valence-electron chi connectivity index (χ4n) is 1.89. The molecule has 0 N–H and O–H groups in total. The minimum absolute atomic E-state index is 0.0819. The number of nitrogens with zero attached hydrogens (tertiary/aromatic N) is 1. The van der Waals surface area contributed by atoms with Crippen LogP contribution < -0.4 is 0 Å². The molecule has 0 radical (unpaired) electrons. The molecule has 1 aliphatic heterocycles. The molecule has 2 rings (SSSR count). The van der Waals surface area contributed by atoms with E-state index in [1.807, 2.05) is 0 Å². The van der Waals surface area contributed by atoms with Gasteiger partial charge in [0.1, 0.15) is 5.82 Å². The van der Waals surface area contributed by atoms with E-state index in [4.69, 9.17) is 16.4 Å². The van der Waals surface area contributed by atoms with Gasteiger partial charge in [0, 0.05) is 12.0 Å². The molecule has 1 atom stereocenters. The summed E-state index contributed by atoms with van der Waals surface area (Å²) < 4.78 is 38.4. The third kappa shape index (κ3) is 2.96. The second-order valence-electron chi connectivity index (χ2n) is 5.14. The molecule has 7 heteroatoms. The van der Waals surface area contributed by atoms with Crippen LogP contribution in [-0.2, 0) is 20.4 Å². The van der Waals surface area contributed by atoms with E-state index in [2.05, 4.69) is 5.16 Å². The maximum atomic E-state index is 13.9. The minimum atomic E-state index is -3.71. The summed E-state index contributed by atoms with van der Waals surface area (Å²) in [6, 6.07) is 4.67. The van der Waals surface area contributed by atoms with Gasteiger partial charge in [-0.05, 0) is 19.4 Å². The maximum absolute atomic E-state index is 13.9. The molecule has 110 valence electrons. The smallest absolute Gasteiger partial charge is 0.199 e. The summed E-state index contributed by atoms with van der Waals surface area (Å²) in [6.45, 7) is 3.27. The van der Waals surface area contributed by atoms with Crippen LogP contribution in [0.5, 0.6) is 0 Å². The van der Waals surface area contributed by atoms with E-state index in [0.717, 1.165) is 0 Å². The Morgan fingerprint density at radius 1 is 1.50 bits per heavy atom. The highest BCUT2D eigenvalue weighted by Crippen LogP contribution is 2.28. The first-order valence-corrected chi connectivity index (χ1v) is 8.24. The standard InChI is InChI=1S/C13H15ClFNO3S/c1-9-4-3-5-10(12(9)15)7-20(17,18)11-6-13(2,8-14)19-16-11/h3-5H,6-8H2,1-2H3. The first-order chi connectivity index (χ1) is 9.27. The summed E-state index contributed by atoms with van der Waals surface area (Å²) in [7, 11) is -3.71. The van der Waals surface area contributed by atoms with Crippen molar-refractivity contribution in [3.8, 4) is 0 Å². The molecule has 0 fully saturated rings. The van der Waals surface area contributed by atoms with Crippen molar-refractivity contribution in [1.29, 1.82) is 0 Å². The molecule has 0 aliphatic carbocycles. The number of rotatable bonds is 3. The number of sulfone groups is 1. The molecule has 1 aromatic rings. The van der Waals surface area contributed by atoms with Crippen molar-refractivity contribution in [3.05, 3.63) is 35.1 Å². The summed E-state index contributed by atoms with van der Waals surface area (Å²) in [5, 5.41) is 3.52. The van der Waals surface area contributed by atoms with Crippen LogP contribution >= 0.6 is 11.6 Å². The van der Waals surface area contributed by atoms with Gasteiger partial charge in [-0.15, -0.1) is 11.6 Å². The highest BCUT2D eigenvalue weighted by Gasteiger charge is 2.39. The van der Waals surface area contributed by atoms with Crippen LogP contribution in [0.1, 0.15) is 24.5 Å². The Kier molecular flexibility index (Phi) is 4.07. The number of hydrogen-bond donors (Lipinski definition) is 0. The van der Waals surface area contributed by atoms with Gasteiger partial charge in [0.15, 0.2) is 20.5 Å². The third-order valence-corrected chi connectivity index (χ3v) is 5.35. The van der Waals surface area contributed by atoms with Gasteiger partial charge in [0.05, 0.1) is 11.6 Å². The lowest BCUT2D eigenvalue weighted by molar-refractivity contribution is 0.0152. The number of oxime groups is 1. The highest BCUT2D eigenvalue weighted by molar-refractivity contribution is 8.05. The largest absolute Gasteiger partial charge is 0.387 e. The number of hydrogen-bond acceptors (Lipinski definition) is 4. The van der Waals surface area contributed by atoms with Gasteiger partial charge in [0.25, 0.3) is 0 Å². The summed E-state index contributed by atoms with van der Waals surface area (Å²) >= 11 is 5.72. The molecule has 4 nitrogen and oxygen atoms in total. The number of aryl methyl sites for hydroxylation is 1. The lowest BCUT2D eigenvalue weighted by Crippen LogP contribution is -2.28. The lowest BCUT2D eigenvalue weighted by atomic mass is 10.1. The predicted molar refractivity (Wildman–Crippen MR) is 76.0 cm³/mol. The zero-order valence-corrected chi connectivity index (χ0v) is 12.8. The molecule has 20 heavy (non-hydrogen) atoms. The maximum Gasteiger partial charge on any atom is 0.199 e. The Morgan fingerprint density at radius 2 is 2.20 bits per heavy atom. The molecule has 0 saturated carbocycles. The minimum Gasteiger partial charge on any atom is -0.387 e. The number of halogens is 2. The van der Waals surface area contributed by atoms with E-state index in [9.17, 15) is 12.8 Å². The highest BCUT2D eigenvalue weighted by atomic mass is 35.5. The molecule has 0 bridgehead atoms. The average Bonchev–Trinajstić information content (AvgIpc) is 2.79. The third-order valence-electron chi connectivity index (χ3n) is 3.15. The van der Waals surface area contributed by atoms with Gasteiger partial charge in [-0.25, -0.2) is 12.8 Å². The molecule has 1 aliphatic rings.